The minimum Gasteiger partial charge on any atom is -0.325 e. The van der Waals surface area contributed by atoms with E-state index in [1.807, 2.05) is 16.6 Å². The summed E-state index contributed by atoms with van der Waals surface area (Å²) >= 11 is 1.56. The fourth-order valence-corrected chi connectivity index (χ4v) is 3.75. The van der Waals surface area contributed by atoms with Crippen LogP contribution in [0.5, 0.6) is 0 Å². The lowest BCUT2D eigenvalue weighted by atomic mass is 10.1. The summed E-state index contributed by atoms with van der Waals surface area (Å²) in [6, 6.07) is 3.95. The molecule has 3 aromatic heterocycles. The van der Waals surface area contributed by atoms with Crippen molar-refractivity contribution in [3.63, 3.8) is 0 Å². The normalized spacial score (nSPS) is 16.0. The molecule has 0 unspecified atom stereocenters. The Bertz CT molecular complexity index is 771. The van der Waals surface area contributed by atoms with Gasteiger partial charge in [-0.3, -0.25) is 4.98 Å². The van der Waals surface area contributed by atoms with Gasteiger partial charge in [-0.1, -0.05) is 24.2 Å². The third-order valence-corrected chi connectivity index (χ3v) is 4.96. The van der Waals surface area contributed by atoms with Crippen molar-refractivity contribution >= 4 is 16.3 Å². The number of pyridine rings is 1. The number of nitrogens with two attached hydrogens (primary N) is 1. The van der Waals surface area contributed by atoms with Crippen molar-refractivity contribution in [2.24, 2.45) is 5.73 Å². The molecule has 1 fully saturated rings. The van der Waals surface area contributed by atoms with Gasteiger partial charge in [0.25, 0.3) is 0 Å². The summed E-state index contributed by atoms with van der Waals surface area (Å²) in [5, 5.41) is 14.3. The molecule has 3 heterocycles. The van der Waals surface area contributed by atoms with Gasteiger partial charge < -0.3 is 5.73 Å². The van der Waals surface area contributed by atoms with Gasteiger partial charge in [0.1, 0.15) is 5.01 Å². The second-order valence-electron chi connectivity index (χ2n) is 5.38. The minimum absolute atomic E-state index is 0.436. The second-order valence-corrected chi connectivity index (χ2v) is 6.34. The van der Waals surface area contributed by atoms with Crippen LogP contribution in [0, 0.1) is 0 Å². The van der Waals surface area contributed by atoms with Gasteiger partial charge in [0, 0.05) is 24.2 Å². The molecule has 0 aromatic carbocycles. The number of hydrogen-bond donors (Lipinski definition) is 1. The van der Waals surface area contributed by atoms with Crippen LogP contribution in [0.25, 0.3) is 15.5 Å². The molecule has 1 aliphatic rings. The van der Waals surface area contributed by atoms with Gasteiger partial charge in [-0.2, -0.15) is 9.61 Å². The molecule has 0 saturated heterocycles. The van der Waals surface area contributed by atoms with Gasteiger partial charge in [0.15, 0.2) is 5.82 Å². The lowest BCUT2D eigenvalue weighted by Gasteiger charge is -2.03. The molecule has 7 heteroatoms. The Hall–Kier alpha value is -1.86. The molecular formula is C14H16N6S. The van der Waals surface area contributed by atoms with Gasteiger partial charge in [0.2, 0.25) is 4.96 Å². The summed E-state index contributed by atoms with van der Waals surface area (Å²) in [5.74, 6) is 1.52. The lowest BCUT2D eigenvalue weighted by Crippen LogP contribution is -2.01. The lowest BCUT2D eigenvalue weighted by molar-refractivity contribution is 0.641. The van der Waals surface area contributed by atoms with Crippen molar-refractivity contribution < 1.29 is 0 Å². The van der Waals surface area contributed by atoms with Crippen LogP contribution < -0.4 is 5.73 Å². The maximum absolute atomic E-state index is 5.65. The third kappa shape index (κ3) is 2.22. The fraction of sp³-hybridized carbons (Fsp3) is 0.429. The molecule has 2 N–H and O–H groups in total. The molecule has 0 bridgehead atoms. The highest BCUT2D eigenvalue weighted by Gasteiger charge is 2.24. The van der Waals surface area contributed by atoms with Crippen LogP contribution in [0.1, 0.15) is 43.1 Å². The zero-order valence-corrected chi connectivity index (χ0v) is 12.4. The quantitative estimate of drug-likeness (QED) is 0.803. The Kier molecular flexibility index (Phi) is 3.16. The molecule has 0 aliphatic heterocycles. The average Bonchev–Trinajstić information content (AvgIpc) is 3.23. The summed E-state index contributed by atoms with van der Waals surface area (Å²) < 4.78 is 1.92. The fourth-order valence-electron chi connectivity index (χ4n) is 2.91. The van der Waals surface area contributed by atoms with E-state index >= 15 is 0 Å². The first-order valence-corrected chi connectivity index (χ1v) is 8.04. The van der Waals surface area contributed by atoms with E-state index in [4.69, 9.17) is 10.8 Å². The molecule has 6 nitrogen and oxygen atoms in total. The number of nitrogens with zero attached hydrogens (tertiary/aromatic N) is 5. The van der Waals surface area contributed by atoms with Crippen LogP contribution >= 0.6 is 11.3 Å². The predicted octanol–water partition coefficient (Wildman–Crippen LogP) is 2.36. The number of hydrogen-bond acceptors (Lipinski definition) is 6. The van der Waals surface area contributed by atoms with E-state index in [2.05, 4.69) is 15.2 Å². The van der Waals surface area contributed by atoms with Gasteiger partial charge in [-0.25, -0.2) is 0 Å². The van der Waals surface area contributed by atoms with Crippen LogP contribution in [0.2, 0.25) is 0 Å². The second kappa shape index (κ2) is 5.16. The molecule has 0 spiro atoms. The molecule has 0 amide bonds. The first-order chi connectivity index (χ1) is 10.3. The van der Waals surface area contributed by atoms with E-state index in [0.29, 0.717) is 12.5 Å². The van der Waals surface area contributed by atoms with E-state index in [9.17, 15) is 0 Å². The summed E-state index contributed by atoms with van der Waals surface area (Å²) in [6.07, 6.45) is 6.72. The Labute approximate surface area is 126 Å². The topological polar surface area (TPSA) is 82.0 Å². The van der Waals surface area contributed by atoms with Crippen molar-refractivity contribution in [1.29, 1.82) is 0 Å². The van der Waals surface area contributed by atoms with Crippen LogP contribution in [0.3, 0.4) is 0 Å². The predicted molar refractivity (Wildman–Crippen MR) is 81.0 cm³/mol. The number of rotatable bonds is 3. The number of aromatic nitrogens is 5. The monoisotopic (exact) mass is 300 g/mol. The Morgan fingerprint density at radius 2 is 2.14 bits per heavy atom. The SMILES string of the molecule is NCc1cc(-c2nn3c(C4CCCC4)nnc3s2)ccn1. The van der Waals surface area contributed by atoms with E-state index in [1.54, 1.807) is 17.5 Å². The zero-order valence-electron chi connectivity index (χ0n) is 11.6. The van der Waals surface area contributed by atoms with Crippen LogP contribution in [0.15, 0.2) is 18.3 Å². The smallest absolute Gasteiger partial charge is 0.234 e. The Balaban J connectivity index is 1.76. The van der Waals surface area contributed by atoms with Crippen molar-refractivity contribution in [3.8, 4) is 10.6 Å². The molecule has 0 radical (unpaired) electrons. The van der Waals surface area contributed by atoms with Crippen LogP contribution in [-0.4, -0.2) is 24.8 Å². The molecule has 1 saturated carbocycles. The largest absolute Gasteiger partial charge is 0.325 e. The summed E-state index contributed by atoms with van der Waals surface area (Å²) in [7, 11) is 0. The molecule has 21 heavy (non-hydrogen) atoms. The van der Waals surface area contributed by atoms with Gasteiger partial charge in [0.05, 0.1) is 5.69 Å². The van der Waals surface area contributed by atoms with Crippen LogP contribution in [0.4, 0.5) is 0 Å². The van der Waals surface area contributed by atoms with Gasteiger partial charge in [-0.05, 0) is 25.0 Å². The maximum atomic E-state index is 5.65. The first-order valence-electron chi connectivity index (χ1n) is 7.22. The summed E-state index contributed by atoms with van der Waals surface area (Å²) in [5.41, 5.74) is 7.56. The van der Waals surface area contributed by atoms with Crippen LogP contribution in [-0.2, 0) is 6.54 Å². The van der Waals surface area contributed by atoms with Crippen molar-refractivity contribution in [2.45, 2.75) is 38.1 Å². The highest BCUT2D eigenvalue weighted by molar-refractivity contribution is 7.19. The van der Waals surface area contributed by atoms with Crippen molar-refractivity contribution in [2.75, 3.05) is 0 Å². The molecule has 108 valence electrons. The summed E-state index contributed by atoms with van der Waals surface area (Å²) in [4.78, 5) is 5.08. The zero-order chi connectivity index (χ0) is 14.2. The third-order valence-electron chi connectivity index (χ3n) is 4.01. The van der Waals surface area contributed by atoms with E-state index in [1.165, 1.54) is 25.7 Å². The average molecular weight is 300 g/mol. The Morgan fingerprint density at radius 3 is 2.95 bits per heavy atom. The van der Waals surface area contributed by atoms with E-state index in [0.717, 1.165) is 27.1 Å². The molecule has 3 aromatic rings. The first kappa shape index (κ1) is 12.8. The standard InChI is InChI=1S/C14H16N6S/c15-8-11-7-10(5-6-16-11)13-19-20-12(9-3-1-2-4-9)17-18-14(20)21-13/h5-7,9H,1-4,8,15H2. The highest BCUT2D eigenvalue weighted by atomic mass is 32.1. The van der Waals surface area contributed by atoms with Gasteiger partial charge >= 0.3 is 0 Å². The maximum Gasteiger partial charge on any atom is 0.234 e. The van der Waals surface area contributed by atoms with Crippen molar-refractivity contribution in [1.82, 2.24) is 24.8 Å². The molecular weight excluding hydrogens is 284 g/mol. The van der Waals surface area contributed by atoms with Crippen molar-refractivity contribution in [3.05, 3.63) is 29.8 Å². The number of fused-ring (bicyclic) bond motifs is 1. The van der Waals surface area contributed by atoms with E-state index < -0.39 is 0 Å². The molecule has 1 aliphatic carbocycles. The molecule has 4 rings (SSSR count). The molecule has 0 atom stereocenters. The minimum atomic E-state index is 0.436. The summed E-state index contributed by atoms with van der Waals surface area (Å²) in [6.45, 7) is 0.436. The Morgan fingerprint density at radius 1 is 1.29 bits per heavy atom. The van der Waals surface area contributed by atoms with E-state index in [-0.39, 0.29) is 0 Å². The highest BCUT2D eigenvalue weighted by Crippen LogP contribution is 2.34. The van der Waals surface area contributed by atoms with Gasteiger partial charge in [-0.15, -0.1) is 10.2 Å².